The minimum atomic E-state index is 0.780. The van der Waals surface area contributed by atoms with Crippen molar-refractivity contribution >= 4 is 16.7 Å². The minimum Gasteiger partial charge on any atom is -0.502 e. The van der Waals surface area contributed by atoms with Crippen molar-refractivity contribution < 1.29 is 14.2 Å². The fourth-order valence-corrected chi connectivity index (χ4v) is 3.00. The van der Waals surface area contributed by atoms with Gasteiger partial charge < -0.3 is 24.1 Å². The lowest BCUT2D eigenvalue weighted by Crippen LogP contribution is -2.03. The molecule has 1 N–H and O–H groups in total. The Morgan fingerprint density at radius 2 is 1.65 bits per heavy atom. The van der Waals surface area contributed by atoms with Crippen LogP contribution >= 0.6 is 0 Å². The summed E-state index contributed by atoms with van der Waals surface area (Å²) < 4.78 is 16.6. The largest absolute Gasteiger partial charge is 0.502 e. The molecule has 31 heavy (non-hydrogen) atoms. The highest BCUT2D eigenvalue weighted by Gasteiger charge is 2.12. The van der Waals surface area contributed by atoms with Gasteiger partial charge in [-0.05, 0) is 50.6 Å². The van der Waals surface area contributed by atoms with Gasteiger partial charge in [0.15, 0.2) is 0 Å². The van der Waals surface area contributed by atoms with Crippen molar-refractivity contribution in [1.82, 2.24) is 9.55 Å². The number of hydrogen-bond acceptors (Lipinski definition) is 5. The fourth-order valence-electron chi connectivity index (χ4n) is 3.00. The molecule has 0 unspecified atom stereocenters. The van der Waals surface area contributed by atoms with Gasteiger partial charge >= 0.3 is 0 Å². The first-order valence-electron chi connectivity index (χ1n) is 10.2. The molecule has 0 aliphatic carbocycles. The van der Waals surface area contributed by atoms with Crippen molar-refractivity contribution in [2.45, 2.75) is 20.3 Å². The average Bonchev–Trinajstić information content (AvgIpc) is 3.13. The highest BCUT2D eigenvalue weighted by Crippen LogP contribution is 2.29. The highest BCUT2D eigenvalue weighted by atomic mass is 16.5. The van der Waals surface area contributed by atoms with Gasteiger partial charge in [-0.15, -0.1) is 0 Å². The predicted octanol–water partition coefficient (Wildman–Crippen LogP) is 5.73. The molecule has 0 aliphatic rings. The summed E-state index contributed by atoms with van der Waals surface area (Å²) in [5, 5.41) is 3.51. The van der Waals surface area contributed by atoms with E-state index in [4.69, 9.17) is 14.5 Å². The Hall–Kier alpha value is -3.41. The summed E-state index contributed by atoms with van der Waals surface area (Å²) in [6.45, 7) is 4.64. The van der Waals surface area contributed by atoms with Crippen molar-refractivity contribution in [3.8, 4) is 11.4 Å². The van der Waals surface area contributed by atoms with E-state index >= 15 is 0 Å². The van der Waals surface area contributed by atoms with Crippen LogP contribution in [0.2, 0.25) is 0 Å². The van der Waals surface area contributed by atoms with Crippen LogP contribution < -0.4 is 5.32 Å². The van der Waals surface area contributed by atoms with Crippen LogP contribution in [-0.4, -0.2) is 37.4 Å². The second-order valence-electron chi connectivity index (χ2n) is 6.93. The molecule has 6 heteroatoms. The molecule has 6 nitrogen and oxygen atoms in total. The van der Waals surface area contributed by atoms with Gasteiger partial charge in [0.1, 0.15) is 17.8 Å². The van der Waals surface area contributed by atoms with E-state index in [0.717, 1.165) is 52.6 Å². The van der Waals surface area contributed by atoms with Gasteiger partial charge in [0.25, 0.3) is 0 Å². The van der Waals surface area contributed by atoms with E-state index in [1.807, 2.05) is 38.1 Å². The Bertz CT molecular complexity index is 1020. The number of benzene rings is 2. The summed E-state index contributed by atoms with van der Waals surface area (Å²) in [4.78, 5) is 4.80. The van der Waals surface area contributed by atoms with Crippen molar-refractivity contribution in [2.24, 2.45) is 7.05 Å². The number of aryl methyl sites for hydroxylation is 1. The van der Waals surface area contributed by atoms with Crippen molar-refractivity contribution in [1.29, 1.82) is 0 Å². The van der Waals surface area contributed by atoms with E-state index < -0.39 is 0 Å². The van der Waals surface area contributed by atoms with Gasteiger partial charge in [-0.2, -0.15) is 0 Å². The first-order chi connectivity index (χ1) is 15.0. The standard InChI is InChI=1S/C20H23N3O.C5H10O2/c1-15(24-3)9-8-14-21-17-11-5-4-10-16(17)20-22-18-12-6-7-13-19(18)23(20)2;1-5(7-3)4-6-2/h4-7,9-13,21H,8,14H2,1-3H3;4H,1-3H3/b15-9+;5-4-. The predicted molar refractivity (Wildman–Crippen MR) is 128 cm³/mol. The van der Waals surface area contributed by atoms with Crippen LogP contribution in [0.4, 0.5) is 5.69 Å². The van der Waals surface area contributed by atoms with Gasteiger partial charge in [0, 0.05) is 24.8 Å². The summed E-state index contributed by atoms with van der Waals surface area (Å²) in [5.74, 6) is 2.70. The number of imidazole rings is 1. The van der Waals surface area contributed by atoms with Gasteiger partial charge in [0.2, 0.25) is 0 Å². The topological polar surface area (TPSA) is 57.5 Å². The first kappa shape index (κ1) is 23.9. The van der Waals surface area contributed by atoms with Crippen LogP contribution in [0.25, 0.3) is 22.4 Å². The SMILES string of the molecule is CO/C(C)=C/CCNc1ccccc1-c1nc2ccccc2n1C.CO/C=C(/C)OC. The number of methoxy groups -OCH3 is 3. The third-order valence-electron chi connectivity index (χ3n) is 4.77. The monoisotopic (exact) mass is 423 g/mol. The number of allylic oxidation sites excluding steroid dienone is 2. The fraction of sp³-hybridized carbons (Fsp3) is 0.320. The maximum Gasteiger partial charge on any atom is 0.142 e. The summed E-state index contributed by atoms with van der Waals surface area (Å²) in [7, 11) is 6.94. The Morgan fingerprint density at radius 1 is 0.968 bits per heavy atom. The Kier molecular flexibility index (Phi) is 9.49. The zero-order valence-corrected chi connectivity index (χ0v) is 19.3. The number of aromatic nitrogens is 2. The van der Waals surface area contributed by atoms with Gasteiger partial charge in [-0.3, -0.25) is 0 Å². The number of rotatable bonds is 8. The van der Waals surface area contributed by atoms with E-state index in [-0.39, 0.29) is 0 Å². The quantitative estimate of drug-likeness (QED) is 0.370. The molecule has 3 rings (SSSR count). The molecule has 0 spiro atoms. The summed E-state index contributed by atoms with van der Waals surface area (Å²) in [6.07, 6.45) is 4.54. The highest BCUT2D eigenvalue weighted by molar-refractivity contribution is 5.84. The van der Waals surface area contributed by atoms with Gasteiger partial charge in [-0.1, -0.05) is 24.3 Å². The Balaban J connectivity index is 0.000000423. The second kappa shape index (κ2) is 12.3. The number of ether oxygens (including phenoxy) is 3. The molecule has 0 radical (unpaired) electrons. The van der Waals surface area contributed by atoms with Crippen molar-refractivity contribution in [3.05, 3.63) is 72.4 Å². The molecule has 166 valence electrons. The molecule has 0 fully saturated rings. The zero-order chi connectivity index (χ0) is 22.6. The van der Waals surface area contributed by atoms with E-state index in [1.54, 1.807) is 27.6 Å². The van der Waals surface area contributed by atoms with Crippen LogP contribution in [0.1, 0.15) is 20.3 Å². The summed E-state index contributed by atoms with van der Waals surface area (Å²) in [6, 6.07) is 16.5. The van der Waals surface area contributed by atoms with Gasteiger partial charge in [-0.25, -0.2) is 4.98 Å². The van der Waals surface area contributed by atoms with Crippen LogP contribution in [0.3, 0.4) is 0 Å². The third kappa shape index (κ3) is 6.81. The lowest BCUT2D eigenvalue weighted by Gasteiger charge is -2.11. The van der Waals surface area contributed by atoms with E-state index in [0.29, 0.717) is 0 Å². The molecular formula is C25H33N3O3. The number of nitrogens with one attached hydrogen (secondary N) is 1. The summed E-state index contributed by atoms with van der Waals surface area (Å²) >= 11 is 0. The lowest BCUT2D eigenvalue weighted by molar-refractivity contribution is 0.251. The lowest BCUT2D eigenvalue weighted by atomic mass is 10.1. The third-order valence-corrected chi connectivity index (χ3v) is 4.77. The van der Waals surface area contributed by atoms with E-state index in [2.05, 4.69) is 52.0 Å². The molecule has 0 amide bonds. The Morgan fingerprint density at radius 3 is 2.29 bits per heavy atom. The number of nitrogens with zero attached hydrogens (tertiary/aromatic N) is 2. The number of hydrogen-bond donors (Lipinski definition) is 1. The summed E-state index contributed by atoms with van der Waals surface area (Å²) in [5.41, 5.74) is 4.37. The maximum absolute atomic E-state index is 5.16. The number of anilines is 1. The molecule has 0 saturated carbocycles. The molecule has 1 heterocycles. The molecule has 0 atom stereocenters. The normalized spacial score (nSPS) is 11.5. The molecule has 2 aromatic carbocycles. The molecule has 0 saturated heterocycles. The van der Waals surface area contributed by atoms with Crippen LogP contribution in [0.5, 0.6) is 0 Å². The average molecular weight is 424 g/mol. The smallest absolute Gasteiger partial charge is 0.142 e. The second-order valence-corrected chi connectivity index (χ2v) is 6.93. The van der Waals surface area contributed by atoms with Crippen LogP contribution in [-0.2, 0) is 21.3 Å². The van der Waals surface area contributed by atoms with Crippen LogP contribution in [0, 0.1) is 0 Å². The van der Waals surface area contributed by atoms with Crippen molar-refractivity contribution in [3.63, 3.8) is 0 Å². The Labute approximate surface area is 185 Å². The van der Waals surface area contributed by atoms with Crippen LogP contribution in [0.15, 0.2) is 72.4 Å². The minimum absolute atomic E-state index is 0.780. The van der Waals surface area contributed by atoms with Gasteiger partial charge in [0.05, 0.1) is 38.1 Å². The molecule has 3 aromatic rings. The van der Waals surface area contributed by atoms with E-state index in [1.165, 1.54) is 0 Å². The molecule has 1 aromatic heterocycles. The van der Waals surface area contributed by atoms with E-state index in [9.17, 15) is 0 Å². The van der Waals surface area contributed by atoms with Crippen molar-refractivity contribution in [2.75, 3.05) is 33.2 Å². The maximum atomic E-state index is 5.16. The molecular weight excluding hydrogens is 390 g/mol. The molecule has 0 aliphatic heterocycles. The molecule has 0 bridgehead atoms. The number of fused-ring (bicyclic) bond motifs is 1. The number of para-hydroxylation sites is 3. The zero-order valence-electron chi connectivity index (χ0n) is 19.3. The first-order valence-corrected chi connectivity index (χ1v) is 10.2.